The van der Waals surface area contributed by atoms with Crippen LogP contribution in [0.1, 0.15) is 0 Å². The number of nitrogens with one attached hydrogen (secondary N) is 1. The van der Waals surface area contributed by atoms with Crippen LogP contribution in [0.4, 0.5) is 5.69 Å². The Morgan fingerprint density at radius 1 is 1.16 bits per heavy atom. The van der Waals surface area contributed by atoms with Crippen LogP contribution in [-0.2, 0) is 4.79 Å². The molecule has 0 radical (unpaired) electrons. The fourth-order valence-electron chi connectivity index (χ4n) is 2.43. The highest BCUT2D eigenvalue weighted by Crippen LogP contribution is 2.29. The van der Waals surface area contributed by atoms with Gasteiger partial charge in [0.25, 0.3) is 5.91 Å². The molecule has 0 aliphatic carbocycles. The highest BCUT2D eigenvalue weighted by molar-refractivity contribution is 6.00. The molecule has 0 heterocycles. The summed E-state index contributed by atoms with van der Waals surface area (Å²) in [6.45, 7) is 7.88. The molecule has 2 N–H and O–H groups in total. The summed E-state index contributed by atoms with van der Waals surface area (Å²) in [4.78, 5) is 13.9. The van der Waals surface area contributed by atoms with Crippen LogP contribution in [0.15, 0.2) is 73.5 Å². The molecule has 0 aromatic heterocycles. The molecule has 0 unspecified atom stereocenters. The lowest BCUT2D eigenvalue weighted by Crippen LogP contribution is -2.32. The maximum absolute atomic E-state index is 12.5. The summed E-state index contributed by atoms with van der Waals surface area (Å²) in [6.07, 6.45) is 4.56. The van der Waals surface area contributed by atoms with Gasteiger partial charge in [-0.1, -0.05) is 36.4 Å². The van der Waals surface area contributed by atoms with Crippen LogP contribution in [0.5, 0.6) is 5.75 Å². The van der Waals surface area contributed by atoms with Gasteiger partial charge in [0.05, 0.1) is 0 Å². The van der Waals surface area contributed by atoms with Crippen molar-refractivity contribution in [1.82, 2.24) is 4.90 Å². The van der Waals surface area contributed by atoms with Crippen molar-refractivity contribution in [3.63, 3.8) is 0 Å². The van der Waals surface area contributed by atoms with E-state index in [1.54, 1.807) is 36.4 Å². The number of aromatic hydroxyl groups is 1. The maximum atomic E-state index is 12.5. The Balaban J connectivity index is 2.31. The molecule has 0 aliphatic rings. The van der Waals surface area contributed by atoms with Crippen molar-refractivity contribution in [2.24, 2.45) is 0 Å². The number of nitriles is 1. The van der Waals surface area contributed by atoms with Crippen LogP contribution in [0.25, 0.3) is 10.8 Å². The smallest absolute Gasteiger partial charge is 0.266 e. The third kappa shape index (κ3) is 4.06. The van der Waals surface area contributed by atoms with E-state index in [1.807, 2.05) is 18.2 Å². The van der Waals surface area contributed by atoms with Crippen LogP contribution in [-0.4, -0.2) is 29.0 Å². The number of amides is 1. The van der Waals surface area contributed by atoms with Gasteiger partial charge < -0.3 is 15.3 Å². The average molecular weight is 333 g/mol. The topological polar surface area (TPSA) is 76.4 Å². The standard InChI is InChI=1S/C20H19N3O2/c1-3-11-23(12-4-2)20(25)15(13-21)14-22-18-9-5-8-17-16(18)7-6-10-19(17)24/h3-10,14,22,24H,1-2,11-12H2/b15-14-. The molecule has 5 nitrogen and oxygen atoms in total. The fraction of sp³-hybridized carbons (Fsp3) is 0.100. The molecule has 0 fully saturated rings. The normalized spacial score (nSPS) is 10.8. The van der Waals surface area contributed by atoms with E-state index >= 15 is 0 Å². The van der Waals surface area contributed by atoms with Gasteiger partial charge in [0.1, 0.15) is 17.4 Å². The van der Waals surface area contributed by atoms with E-state index in [1.165, 1.54) is 11.1 Å². The zero-order valence-electron chi connectivity index (χ0n) is 13.8. The zero-order chi connectivity index (χ0) is 18.2. The molecule has 0 aliphatic heterocycles. The molecule has 0 bridgehead atoms. The Kier molecular flexibility index (Phi) is 5.97. The third-order valence-corrected chi connectivity index (χ3v) is 3.61. The van der Waals surface area contributed by atoms with Crippen LogP contribution in [0.3, 0.4) is 0 Å². The second-order valence-electron chi connectivity index (χ2n) is 5.28. The molecule has 2 aromatic carbocycles. The first-order chi connectivity index (χ1) is 12.1. The summed E-state index contributed by atoms with van der Waals surface area (Å²) < 4.78 is 0. The first-order valence-electron chi connectivity index (χ1n) is 7.71. The second-order valence-corrected chi connectivity index (χ2v) is 5.28. The summed E-state index contributed by atoms with van der Waals surface area (Å²) in [5.41, 5.74) is 0.661. The Bertz CT molecular complexity index is 868. The molecule has 0 saturated heterocycles. The lowest BCUT2D eigenvalue weighted by atomic mass is 10.1. The van der Waals surface area contributed by atoms with Crippen molar-refractivity contribution in [3.8, 4) is 11.8 Å². The second kappa shape index (κ2) is 8.37. The molecule has 0 saturated carbocycles. The van der Waals surface area contributed by atoms with Crippen molar-refractivity contribution in [2.75, 3.05) is 18.4 Å². The fourth-order valence-corrected chi connectivity index (χ4v) is 2.43. The first-order valence-corrected chi connectivity index (χ1v) is 7.71. The molecule has 5 heteroatoms. The number of anilines is 1. The van der Waals surface area contributed by atoms with Gasteiger partial charge in [-0.3, -0.25) is 4.79 Å². The van der Waals surface area contributed by atoms with E-state index < -0.39 is 5.91 Å². The lowest BCUT2D eigenvalue weighted by molar-refractivity contribution is -0.125. The molecule has 2 aromatic rings. The van der Waals surface area contributed by atoms with E-state index in [0.717, 1.165) is 5.39 Å². The van der Waals surface area contributed by atoms with Crippen LogP contribution >= 0.6 is 0 Å². The van der Waals surface area contributed by atoms with Crippen molar-refractivity contribution < 1.29 is 9.90 Å². The summed E-state index contributed by atoms with van der Waals surface area (Å²) >= 11 is 0. The quantitative estimate of drug-likeness (QED) is 0.461. The lowest BCUT2D eigenvalue weighted by Gasteiger charge is -2.18. The Labute approximate surface area is 146 Å². The molecule has 0 spiro atoms. The number of phenolic OH excluding ortho intramolecular Hbond substituents is 1. The molecule has 1 amide bonds. The van der Waals surface area contributed by atoms with Crippen molar-refractivity contribution >= 4 is 22.4 Å². The average Bonchev–Trinajstić information content (AvgIpc) is 2.62. The van der Waals surface area contributed by atoms with Crippen LogP contribution in [0.2, 0.25) is 0 Å². The Hall–Kier alpha value is -3.52. The van der Waals surface area contributed by atoms with Gasteiger partial charge in [-0.15, -0.1) is 13.2 Å². The predicted molar refractivity (Wildman–Crippen MR) is 99.9 cm³/mol. The predicted octanol–water partition coefficient (Wildman–Crippen LogP) is 3.57. The highest BCUT2D eigenvalue weighted by atomic mass is 16.3. The van der Waals surface area contributed by atoms with Gasteiger partial charge in [0.15, 0.2) is 0 Å². The van der Waals surface area contributed by atoms with E-state index in [2.05, 4.69) is 18.5 Å². The van der Waals surface area contributed by atoms with Crippen molar-refractivity contribution in [3.05, 3.63) is 73.5 Å². The number of carbonyl (C=O) groups excluding carboxylic acids is 1. The first kappa shape index (κ1) is 17.8. The minimum absolute atomic E-state index is 0.0270. The SMILES string of the molecule is C=CCN(CC=C)C(=O)/C(C#N)=C\Nc1cccc2c(O)cccc12. The van der Waals surface area contributed by atoms with E-state index in [0.29, 0.717) is 24.2 Å². The molecular formula is C20H19N3O2. The van der Waals surface area contributed by atoms with Gasteiger partial charge in [0.2, 0.25) is 0 Å². The summed E-state index contributed by atoms with van der Waals surface area (Å²) in [5.74, 6) is -0.234. The Morgan fingerprint density at radius 2 is 1.80 bits per heavy atom. The highest BCUT2D eigenvalue weighted by Gasteiger charge is 2.16. The number of hydrogen-bond acceptors (Lipinski definition) is 4. The maximum Gasteiger partial charge on any atom is 0.266 e. The minimum atomic E-state index is -0.405. The van der Waals surface area contributed by atoms with E-state index in [-0.39, 0.29) is 11.3 Å². The number of phenols is 1. The van der Waals surface area contributed by atoms with Gasteiger partial charge in [0, 0.05) is 35.7 Å². The molecule has 25 heavy (non-hydrogen) atoms. The molecule has 126 valence electrons. The number of carbonyl (C=O) groups is 1. The number of nitrogens with zero attached hydrogens (tertiary/aromatic N) is 2. The van der Waals surface area contributed by atoms with Crippen LogP contribution < -0.4 is 5.32 Å². The zero-order valence-corrected chi connectivity index (χ0v) is 13.8. The summed E-state index contributed by atoms with van der Waals surface area (Å²) in [6, 6.07) is 12.5. The summed E-state index contributed by atoms with van der Waals surface area (Å²) in [7, 11) is 0. The Morgan fingerprint density at radius 3 is 2.44 bits per heavy atom. The molecule has 0 atom stereocenters. The van der Waals surface area contributed by atoms with Gasteiger partial charge in [-0.2, -0.15) is 5.26 Å². The van der Waals surface area contributed by atoms with Gasteiger partial charge in [-0.25, -0.2) is 0 Å². The summed E-state index contributed by atoms with van der Waals surface area (Å²) in [5, 5.41) is 23.7. The van der Waals surface area contributed by atoms with Crippen molar-refractivity contribution in [1.29, 1.82) is 5.26 Å². The molecule has 2 rings (SSSR count). The number of fused-ring (bicyclic) bond motifs is 1. The van der Waals surface area contributed by atoms with E-state index in [9.17, 15) is 15.2 Å². The van der Waals surface area contributed by atoms with E-state index in [4.69, 9.17) is 0 Å². The molecular weight excluding hydrogens is 314 g/mol. The van der Waals surface area contributed by atoms with Crippen LogP contribution in [0, 0.1) is 11.3 Å². The minimum Gasteiger partial charge on any atom is -0.507 e. The van der Waals surface area contributed by atoms with Gasteiger partial charge in [-0.05, 0) is 12.1 Å². The largest absolute Gasteiger partial charge is 0.507 e. The third-order valence-electron chi connectivity index (χ3n) is 3.61. The van der Waals surface area contributed by atoms with Crippen molar-refractivity contribution in [2.45, 2.75) is 0 Å². The number of benzene rings is 2. The number of hydrogen-bond donors (Lipinski definition) is 2. The number of rotatable bonds is 7. The van der Waals surface area contributed by atoms with Gasteiger partial charge >= 0.3 is 0 Å². The monoisotopic (exact) mass is 333 g/mol.